The van der Waals surface area contributed by atoms with Gasteiger partial charge in [0.2, 0.25) is 53.1 Å². The molecule has 0 bridgehead atoms. The number of benzene rings is 1. The van der Waals surface area contributed by atoms with Gasteiger partial charge in [0.15, 0.2) is 34.9 Å². The molecule has 0 aliphatic rings. The number of nitrogens with zero attached hydrogens (tertiary/aromatic N) is 8. The van der Waals surface area contributed by atoms with E-state index in [4.69, 9.17) is 85.6 Å². The van der Waals surface area contributed by atoms with Crippen LogP contribution < -0.4 is 99.9 Å². The first-order valence-electron chi connectivity index (χ1n) is 32.4. The molecule has 1 aromatic carbocycles. The van der Waals surface area contributed by atoms with E-state index in [0.717, 1.165) is 18.4 Å². The molecule has 584 valence electrons. The number of Topliss-reactive ketones (excluding diaryl/α,β-unsaturated/α-hetero) is 2. The van der Waals surface area contributed by atoms with Crippen molar-refractivity contribution in [3.05, 3.63) is 82.8 Å². The molecule has 47 nitrogen and oxygen atoms in total. The molecule has 8 atom stereocenters. The number of carboxylic acids is 3. The van der Waals surface area contributed by atoms with Crippen molar-refractivity contribution < 1.29 is 101 Å². The normalized spacial score (nSPS) is 12.9. The molecule has 0 aliphatic carbocycles. The number of carbonyl (C=O) groups is 14. The average molecular weight is 1500 g/mol. The fraction of sp³-hybridized carbons (Fsp3) is 0.525. The molecule has 31 N–H and O–H groups in total. The summed E-state index contributed by atoms with van der Waals surface area (Å²) < 4.78 is 19.8. The summed E-state index contributed by atoms with van der Waals surface area (Å²) in [5.41, 5.74) is 54.6. The van der Waals surface area contributed by atoms with E-state index in [1.807, 2.05) is 6.07 Å². The lowest BCUT2D eigenvalue weighted by atomic mass is 10.1. The molecule has 0 saturated heterocycles. The maximum atomic E-state index is 12.0. The fourth-order valence-corrected chi connectivity index (χ4v) is 8.24. The van der Waals surface area contributed by atoms with Gasteiger partial charge in [-0.15, -0.1) is 0 Å². The van der Waals surface area contributed by atoms with Gasteiger partial charge in [-0.25, -0.2) is 28.8 Å². The number of aliphatic carboxylic acids is 3. The van der Waals surface area contributed by atoms with E-state index in [0.29, 0.717) is 19.4 Å². The Labute approximate surface area is 602 Å². The van der Waals surface area contributed by atoms with Gasteiger partial charge in [0.25, 0.3) is 0 Å². The Hall–Kier alpha value is -12.2. The molecule has 0 aliphatic heterocycles. The van der Waals surface area contributed by atoms with Crippen molar-refractivity contribution >= 4 is 83.1 Å². The molecule has 0 radical (unpaired) electrons. The SMILES string of the molecule is CC(=O)[C@H](CCC(=O)O)NC(=O)NCc1nc([C@@H](N)CCC(N)=O)no1.CC(=O)[C@H](CCCCN)NC(=O)NCc1nc([C@@H](N)CCC(N)=O)no1.NC(=O)CC[C@H](N)c1noc(CNC(=O)N[C@@H](Cc2ccccc2)C(=O)O)n1.NC(=O)CC[C@H](NC(=O)NCc1nc([C@@H](N)CCC(N)=O)no1)C(=O)O. The average Bonchev–Trinajstić information content (AvgIpc) is 1.77. The zero-order chi connectivity index (χ0) is 79.4. The number of nitrogens with one attached hydrogen (secondary N) is 8. The lowest BCUT2D eigenvalue weighted by Gasteiger charge is -2.15. The molecule has 0 fully saturated rings. The van der Waals surface area contributed by atoms with E-state index in [-0.39, 0.29) is 162 Å². The van der Waals surface area contributed by atoms with Crippen LogP contribution in [0.25, 0.3) is 0 Å². The van der Waals surface area contributed by atoms with Crippen molar-refractivity contribution in [2.45, 2.75) is 191 Å². The number of hydrogen-bond donors (Lipinski definition) is 21. The number of amides is 13. The van der Waals surface area contributed by atoms with Gasteiger partial charge in [-0.05, 0) is 83.7 Å². The third-order valence-corrected chi connectivity index (χ3v) is 14.0. The highest BCUT2D eigenvalue weighted by atomic mass is 16.5. The molecule has 47 heteroatoms. The fourth-order valence-electron chi connectivity index (χ4n) is 8.24. The van der Waals surface area contributed by atoms with E-state index < -0.39 is 120 Å². The van der Waals surface area contributed by atoms with Gasteiger partial charge in [-0.1, -0.05) is 51.0 Å². The molecular formula is C59H92N26O21. The summed E-state index contributed by atoms with van der Waals surface area (Å²) in [5, 5.41) is 60.9. The number of carbonyl (C=O) groups excluding carboxylic acids is 11. The van der Waals surface area contributed by atoms with Crippen molar-refractivity contribution in [1.29, 1.82) is 0 Å². The maximum absolute atomic E-state index is 12.0. The summed E-state index contributed by atoms with van der Waals surface area (Å²) in [7, 11) is 0. The number of carboxylic acid groups (broad SMARTS) is 3. The van der Waals surface area contributed by atoms with E-state index in [9.17, 15) is 72.2 Å². The molecule has 5 aromatic rings. The molecule has 106 heavy (non-hydrogen) atoms. The second-order valence-corrected chi connectivity index (χ2v) is 23.0. The van der Waals surface area contributed by atoms with Crippen molar-refractivity contribution in [2.24, 2.45) is 57.3 Å². The highest BCUT2D eigenvalue weighted by Gasteiger charge is 2.26. The maximum Gasteiger partial charge on any atom is 0.326 e. The Balaban J connectivity index is 0.000000480. The number of urea groups is 4. The molecule has 0 spiro atoms. The molecular weight excluding hydrogens is 1410 g/mol. The zero-order valence-electron chi connectivity index (χ0n) is 57.9. The first kappa shape index (κ1) is 89.8. The summed E-state index contributed by atoms with van der Waals surface area (Å²) >= 11 is 0. The smallest absolute Gasteiger partial charge is 0.326 e. The van der Waals surface area contributed by atoms with Crippen LogP contribution in [0.15, 0.2) is 48.4 Å². The Morgan fingerprint density at radius 1 is 0.387 bits per heavy atom. The van der Waals surface area contributed by atoms with Gasteiger partial charge in [0.05, 0.1) is 62.4 Å². The number of nitrogens with two attached hydrogens (primary N) is 10. The lowest BCUT2D eigenvalue weighted by molar-refractivity contribution is -0.140. The Kier molecular flexibility index (Phi) is 41.2. The number of unbranched alkanes of at least 4 members (excludes halogenated alkanes) is 1. The topological polar surface area (TPSA) is 812 Å². The first-order chi connectivity index (χ1) is 50.0. The number of rotatable bonds is 44. The van der Waals surface area contributed by atoms with E-state index in [1.54, 1.807) is 24.3 Å². The van der Waals surface area contributed by atoms with Crippen molar-refractivity contribution in [3.63, 3.8) is 0 Å². The van der Waals surface area contributed by atoms with Crippen LogP contribution >= 0.6 is 0 Å². The van der Waals surface area contributed by atoms with Crippen LogP contribution in [0.2, 0.25) is 0 Å². The van der Waals surface area contributed by atoms with Crippen LogP contribution in [0.4, 0.5) is 19.2 Å². The Morgan fingerprint density at radius 3 is 0.953 bits per heavy atom. The lowest BCUT2D eigenvalue weighted by Crippen LogP contribution is -2.46. The molecule has 5 rings (SSSR count). The standard InChI is InChI=1S/C17H22N6O5.C15H27N7O4.C14H22N6O6.C13H21N7O6/c18-11(6-7-13(19)24)15-22-14(28-23-15)9-20-17(27)21-12(16(25)26)8-10-4-2-1-3-5-10;1-9(23)11(4-2-3-7-16)20-15(25)19-8-13-21-14(22-26-13)10(17)5-6-12(18)24;1-7(21)9(3-5-12(23)24)18-14(25)17-6-11-19-13(20-26-11)8(15)2-4-10(16)22;14-6(1-3-8(15)21)11-19-10(26-20-11)5-17-13(25)18-7(12(23)24)2-4-9(16)22/h1-5,11-12H,6-9,18H2,(H2,19,24)(H,25,26)(H2,20,21,27);10-11H,2-8,16-17H2,1H3,(H2,18,24)(H2,19,20,25);8-9H,2-6,15H2,1H3,(H2,16,22)(H,23,24)(H2,17,18,25);6-7H,1-5,14H2,(H2,15,21)(H2,16,22)(H,23,24)(H2,17,18,25)/t11-,12-;10-,11-;8-,9-;6-,7-/m0000/s1. The van der Waals surface area contributed by atoms with Crippen LogP contribution in [-0.2, 0) is 80.5 Å². The third-order valence-electron chi connectivity index (χ3n) is 14.0. The minimum absolute atomic E-state index is 0.0164. The van der Waals surface area contributed by atoms with Crippen molar-refractivity contribution in [1.82, 2.24) is 83.1 Å². The van der Waals surface area contributed by atoms with Crippen LogP contribution in [0.1, 0.15) is 187 Å². The minimum atomic E-state index is -1.30. The third kappa shape index (κ3) is 39.3. The van der Waals surface area contributed by atoms with Crippen LogP contribution in [-0.4, -0.2) is 170 Å². The predicted molar refractivity (Wildman–Crippen MR) is 360 cm³/mol. The summed E-state index contributed by atoms with van der Waals surface area (Å²) in [6.45, 7) is 2.79. The molecule has 4 heterocycles. The Bertz CT molecular complexity index is 3550. The van der Waals surface area contributed by atoms with Crippen LogP contribution in [0.3, 0.4) is 0 Å². The summed E-state index contributed by atoms with van der Waals surface area (Å²) in [4.78, 5) is 173. The van der Waals surface area contributed by atoms with Gasteiger partial charge < -0.3 is 133 Å². The van der Waals surface area contributed by atoms with Crippen molar-refractivity contribution in [2.75, 3.05) is 6.54 Å². The predicted octanol–water partition coefficient (Wildman–Crippen LogP) is -4.14. The highest BCUT2D eigenvalue weighted by Crippen LogP contribution is 2.16. The van der Waals surface area contributed by atoms with Crippen LogP contribution in [0.5, 0.6) is 0 Å². The quantitative estimate of drug-likeness (QED) is 0.0165. The molecule has 0 unspecified atom stereocenters. The summed E-state index contributed by atoms with van der Waals surface area (Å²) in [5.74, 6) is -5.54. The van der Waals surface area contributed by atoms with Gasteiger partial charge in [0.1, 0.15) is 12.1 Å². The van der Waals surface area contributed by atoms with Crippen LogP contribution in [0, 0.1) is 0 Å². The zero-order valence-corrected chi connectivity index (χ0v) is 57.9. The minimum Gasteiger partial charge on any atom is -0.481 e. The van der Waals surface area contributed by atoms with Crippen molar-refractivity contribution in [3.8, 4) is 0 Å². The van der Waals surface area contributed by atoms with E-state index in [1.165, 1.54) is 13.8 Å². The number of hydrogen-bond acceptors (Lipinski definition) is 31. The number of ketones is 2. The second-order valence-electron chi connectivity index (χ2n) is 23.0. The highest BCUT2D eigenvalue weighted by molar-refractivity contribution is 5.88. The van der Waals surface area contributed by atoms with E-state index in [2.05, 4.69) is 83.1 Å². The second kappa shape index (κ2) is 48.6. The van der Waals surface area contributed by atoms with E-state index >= 15 is 0 Å². The number of primary amides is 5. The number of aromatic nitrogens is 8. The summed E-state index contributed by atoms with van der Waals surface area (Å²) in [6.07, 6.45) is 3.01. The van der Waals surface area contributed by atoms with Gasteiger partial charge >= 0.3 is 42.0 Å². The largest absolute Gasteiger partial charge is 0.481 e. The molecule has 4 aromatic heterocycles. The monoisotopic (exact) mass is 1500 g/mol. The Morgan fingerprint density at radius 2 is 0.670 bits per heavy atom. The van der Waals surface area contributed by atoms with Gasteiger partial charge in [-0.3, -0.25) is 38.4 Å². The van der Waals surface area contributed by atoms with Gasteiger partial charge in [0, 0.05) is 44.9 Å². The van der Waals surface area contributed by atoms with Gasteiger partial charge in [-0.2, -0.15) is 19.9 Å². The first-order valence-corrected chi connectivity index (χ1v) is 32.4. The summed E-state index contributed by atoms with van der Waals surface area (Å²) in [6, 6.07) is -0.105. The molecule has 0 saturated carbocycles. The molecule has 13 amide bonds.